The van der Waals surface area contributed by atoms with Crippen molar-refractivity contribution in [1.82, 2.24) is 0 Å². The van der Waals surface area contributed by atoms with Crippen molar-refractivity contribution < 1.29 is 19.4 Å². The average molecular weight is 300 g/mol. The molecule has 1 aromatic rings. The first kappa shape index (κ1) is 15.9. The number of ether oxygens (including phenoxy) is 2. The monoisotopic (exact) mass is 300 g/mol. The Balaban J connectivity index is 2.22. The van der Waals surface area contributed by atoms with Gasteiger partial charge in [-0.1, -0.05) is 36.4 Å². The molecule has 0 aliphatic heterocycles. The highest BCUT2D eigenvalue weighted by atomic mass is 16.5. The Labute approximate surface area is 130 Å². The molecule has 1 N–H and O–H groups in total. The van der Waals surface area contributed by atoms with Gasteiger partial charge in [-0.25, -0.2) is 4.79 Å². The predicted molar refractivity (Wildman–Crippen MR) is 85.6 cm³/mol. The Kier molecular flexibility index (Phi) is 5.42. The van der Waals surface area contributed by atoms with E-state index in [4.69, 9.17) is 9.47 Å². The molecule has 0 unspecified atom stereocenters. The Bertz CT molecular complexity index is 638. The van der Waals surface area contributed by atoms with E-state index < -0.39 is 5.97 Å². The summed E-state index contributed by atoms with van der Waals surface area (Å²) in [5.41, 5.74) is 2.05. The van der Waals surface area contributed by atoms with E-state index in [9.17, 15) is 9.90 Å². The lowest BCUT2D eigenvalue weighted by molar-refractivity contribution is -0.136. The molecule has 0 saturated heterocycles. The molecule has 0 atom stereocenters. The lowest BCUT2D eigenvalue weighted by Crippen LogP contribution is -2.12. The number of para-hydroxylation sites is 1. The van der Waals surface area contributed by atoms with Gasteiger partial charge in [0.15, 0.2) is 0 Å². The van der Waals surface area contributed by atoms with Gasteiger partial charge in [0, 0.05) is 5.56 Å². The largest absolute Gasteiger partial charge is 0.507 e. The minimum atomic E-state index is -0.461. The number of esters is 1. The second kappa shape index (κ2) is 7.50. The highest BCUT2D eigenvalue weighted by Gasteiger charge is 2.22. The molecule has 0 radical (unpaired) electrons. The van der Waals surface area contributed by atoms with Gasteiger partial charge in [-0.15, -0.1) is 0 Å². The van der Waals surface area contributed by atoms with Crippen LogP contribution in [-0.2, 0) is 9.53 Å². The molecule has 0 fully saturated rings. The summed E-state index contributed by atoms with van der Waals surface area (Å²) < 4.78 is 9.97. The number of aliphatic hydroxyl groups is 1. The number of benzene rings is 1. The van der Waals surface area contributed by atoms with Crippen molar-refractivity contribution >= 4 is 12.0 Å². The number of aliphatic hydroxyl groups excluding tert-OH is 1. The molecule has 2 rings (SSSR count). The minimum absolute atomic E-state index is 0.0442. The topological polar surface area (TPSA) is 55.8 Å². The molecule has 1 aromatic carbocycles. The summed E-state index contributed by atoms with van der Waals surface area (Å²) in [6, 6.07) is 7.68. The summed E-state index contributed by atoms with van der Waals surface area (Å²) in [4.78, 5) is 11.6. The molecular formula is C18H20O4. The Morgan fingerprint density at radius 1 is 1.23 bits per heavy atom. The number of carbonyl (C=O) groups excluding carboxylic acids is 1. The van der Waals surface area contributed by atoms with Crippen molar-refractivity contribution in [2.45, 2.75) is 19.3 Å². The zero-order chi connectivity index (χ0) is 15.9. The maximum Gasteiger partial charge on any atom is 0.337 e. The van der Waals surface area contributed by atoms with Crippen molar-refractivity contribution in [3.05, 3.63) is 58.9 Å². The fourth-order valence-electron chi connectivity index (χ4n) is 2.44. The number of allylic oxidation sites excluding steroid dienone is 3. The molecule has 0 bridgehead atoms. The smallest absolute Gasteiger partial charge is 0.337 e. The fourth-order valence-corrected chi connectivity index (χ4v) is 2.44. The third-order valence-corrected chi connectivity index (χ3v) is 3.61. The van der Waals surface area contributed by atoms with E-state index in [-0.39, 0.29) is 5.76 Å². The van der Waals surface area contributed by atoms with Crippen LogP contribution in [0, 0.1) is 0 Å². The van der Waals surface area contributed by atoms with Crippen LogP contribution >= 0.6 is 0 Å². The van der Waals surface area contributed by atoms with Gasteiger partial charge < -0.3 is 14.6 Å². The van der Waals surface area contributed by atoms with Crippen molar-refractivity contribution in [3.8, 4) is 5.75 Å². The van der Waals surface area contributed by atoms with E-state index in [0.29, 0.717) is 12.0 Å². The van der Waals surface area contributed by atoms with E-state index in [1.807, 2.05) is 42.5 Å². The number of methoxy groups -OCH3 is 2. The van der Waals surface area contributed by atoms with Gasteiger partial charge in [-0.05, 0) is 30.9 Å². The average Bonchev–Trinajstić information content (AvgIpc) is 2.56. The summed E-state index contributed by atoms with van der Waals surface area (Å²) in [6.45, 7) is 0. The third kappa shape index (κ3) is 3.58. The molecule has 4 nitrogen and oxygen atoms in total. The maximum absolute atomic E-state index is 11.6. The van der Waals surface area contributed by atoms with Crippen LogP contribution in [0.1, 0.15) is 24.8 Å². The zero-order valence-corrected chi connectivity index (χ0v) is 12.8. The van der Waals surface area contributed by atoms with Crippen molar-refractivity contribution in [2.24, 2.45) is 0 Å². The van der Waals surface area contributed by atoms with E-state index in [2.05, 4.69) is 0 Å². The van der Waals surface area contributed by atoms with Gasteiger partial charge in [-0.3, -0.25) is 0 Å². The molecule has 1 aliphatic rings. The lowest BCUT2D eigenvalue weighted by Gasteiger charge is -2.16. The second-order valence-electron chi connectivity index (χ2n) is 4.97. The van der Waals surface area contributed by atoms with Gasteiger partial charge in [0.05, 0.1) is 19.8 Å². The molecule has 4 heteroatoms. The van der Waals surface area contributed by atoms with Crippen LogP contribution in [0.25, 0.3) is 6.08 Å². The predicted octanol–water partition coefficient (Wildman–Crippen LogP) is 3.80. The SMILES string of the molecule is COC(=O)C1=C(O)/C(=C/C=C/c2ccccc2OC)CCC1. The number of rotatable bonds is 4. The van der Waals surface area contributed by atoms with E-state index in [1.54, 1.807) is 7.11 Å². The summed E-state index contributed by atoms with van der Waals surface area (Å²) >= 11 is 0. The summed E-state index contributed by atoms with van der Waals surface area (Å²) in [5, 5.41) is 10.2. The minimum Gasteiger partial charge on any atom is -0.507 e. The van der Waals surface area contributed by atoms with E-state index in [0.717, 1.165) is 29.7 Å². The first-order valence-electron chi connectivity index (χ1n) is 7.18. The molecule has 0 amide bonds. The van der Waals surface area contributed by atoms with Crippen LogP contribution in [-0.4, -0.2) is 25.3 Å². The Morgan fingerprint density at radius 2 is 2.00 bits per heavy atom. The quantitative estimate of drug-likeness (QED) is 0.859. The highest BCUT2D eigenvalue weighted by molar-refractivity contribution is 5.90. The molecule has 0 spiro atoms. The first-order chi connectivity index (χ1) is 10.7. The zero-order valence-electron chi connectivity index (χ0n) is 12.8. The maximum atomic E-state index is 11.6. The van der Waals surface area contributed by atoms with Crippen LogP contribution in [0.4, 0.5) is 0 Å². The molecular weight excluding hydrogens is 280 g/mol. The highest BCUT2D eigenvalue weighted by Crippen LogP contribution is 2.29. The van der Waals surface area contributed by atoms with Gasteiger partial charge in [0.25, 0.3) is 0 Å². The number of carbonyl (C=O) groups is 1. The van der Waals surface area contributed by atoms with Gasteiger partial charge >= 0.3 is 5.97 Å². The molecule has 0 saturated carbocycles. The van der Waals surface area contributed by atoms with Crippen molar-refractivity contribution in [3.63, 3.8) is 0 Å². The van der Waals surface area contributed by atoms with Crippen molar-refractivity contribution in [1.29, 1.82) is 0 Å². The standard InChI is InChI=1S/C18H20O4/c1-21-16-12-4-3-7-13(16)8-5-9-14-10-6-11-15(17(14)19)18(20)22-2/h3-5,7-9,12,19H,6,10-11H2,1-2H3/b8-5+,14-9+. The molecule has 1 aliphatic carbocycles. The van der Waals surface area contributed by atoms with Gasteiger partial charge in [0.2, 0.25) is 0 Å². The van der Waals surface area contributed by atoms with Crippen LogP contribution in [0.2, 0.25) is 0 Å². The van der Waals surface area contributed by atoms with Crippen LogP contribution < -0.4 is 4.74 Å². The summed E-state index contributed by atoms with van der Waals surface area (Å²) in [7, 11) is 2.95. The first-order valence-corrected chi connectivity index (χ1v) is 7.18. The van der Waals surface area contributed by atoms with Crippen LogP contribution in [0.5, 0.6) is 5.75 Å². The summed E-state index contributed by atoms with van der Waals surface area (Å²) in [5.74, 6) is 0.371. The second-order valence-corrected chi connectivity index (χ2v) is 4.97. The summed E-state index contributed by atoms with van der Waals surface area (Å²) in [6.07, 6.45) is 7.69. The molecule has 22 heavy (non-hydrogen) atoms. The van der Waals surface area contributed by atoms with E-state index >= 15 is 0 Å². The lowest BCUT2D eigenvalue weighted by atomic mass is 9.93. The van der Waals surface area contributed by atoms with Gasteiger partial charge in [-0.2, -0.15) is 0 Å². The van der Waals surface area contributed by atoms with Crippen LogP contribution in [0.15, 0.2) is 53.3 Å². The fraction of sp³-hybridized carbons (Fsp3) is 0.278. The third-order valence-electron chi connectivity index (χ3n) is 3.61. The Hall–Kier alpha value is -2.49. The molecule has 116 valence electrons. The molecule has 0 aromatic heterocycles. The molecule has 0 heterocycles. The number of hydrogen-bond acceptors (Lipinski definition) is 4. The van der Waals surface area contributed by atoms with Gasteiger partial charge in [0.1, 0.15) is 11.5 Å². The number of hydrogen-bond donors (Lipinski definition) is 1. The Morgan fingerprint density at radius 3 is 2.73 bits per heavy atom. The van der Waals surface area contributed by atoms with E-state index in [1.165, 1.54) is 7.11 Å². The van der Waals surface area contributed by atoms with Crippen LogP contribution in [0.3, 0.4) is 0 Å². The van der Waals surface area contributed by atoms with Crippen molar-refractivity contribution in [2.75, 3.05) is 14.2 Å². The normalized spacial score (nSPS) is 17.1.